The number of hydrogen-bond donors (Lipinski definition) is 1. The summed E-state index contributed by atoms with van der Waals surface area (Å²) in [7, 11) is 0. The average molecular weight is 416 g/mol. The summed E-state index contributed by atoms with van der Waals surface area (Å²) in [5.41, 5.74) is 2.10. The lowest BCUT2D eigenvalue weighted by Gasteiger charge is -2.34. The first-order chi connectivity index (χ1) is 14.5. The van der Waals surface area contributed by atoms with Crippen LogP contribution in [0.1, 0.15) is 56.8 Å². The number of aliphatic carboxylic acids is 1. The fourth-order valence-corrected chi connectivity index (χ4v) is 5.12. The van der Waals surface area contributed by atoms with E-state index in [2.05, 4.69) is 16.8 Å². The average Bonchev–Trinajstić information content (AvgIpc) is 3.01. The van der Waals surface area contributed by atoms with Crippen LogP contribution in [0.25, 0.3) is 0 Å². The van der Waals surface area contributed by atoms with Crippen LogP contribution in [-0.2, 0) is 17.6 Å². The molecule has 3 heterocycles. The van der Waals surface area contributed by atoms with Crippen LogP contribution < -0.4 is 4.90 Å². The molecule has 2 aliphatic heterocycles. The van der Waals surface area contributed by atoms with Gasteiger partial charge in [-0.1, -0.05) is 6.92 Å². The zero-order chi connectivity index (χ0) is 21.1. The van der Waals surface area contributed by atoms with E-state index in [1.54, 1.807) is 11.1 Å². The van der Waals surface area contributed by atoms with Gasteiger partial charge in [0.15, 0.2) is 5.82 Å². The molecule has 1 aromatic rings. The van der Waals surface area contributed by atoms with Crippen molar-refractivity contribution in [3.05, 3.63) is 17.6 Å². The fourth-order valence-electron chi connectivity index (χ4n) is 5.12. The highest BCUT2D eigenvalue weighted by molar-refractivity contribution is 5.93. The monoisotopic (exact) mass is 415 g/mol. The minimum Gasteiger partial charge on any atom is -0.481 e. The molecule has 4 rings (SSSR count). The van der Waals surface area contributed by atoms with Crippen LogP contribution >= 0.6 is 0 Å². The molecular formula is C22H33N5O3. The number of likely N-dealkylation sites (N-methyl/N-ethyl adjacent to an activating group) is 1. The van der Waals surface area contributed by atoms with Crippen LogP contribution in [0.2, 0.25) is 0 Å². The van der Waals surface area contributed by atoms with E-state index in [1.165, 1.54) is 0 Å². The number of fused-ring (bicyclic) bond motifs is 1. The maximum absolute atomic E-state index is 13.1. The highest BCUT2D eigenvalue weighted by Crippen LogP contribution is 2.33. The molecule has 0 radical (unpaired) electrons. The first kappa shape index (κ1) is 21.0. The second kappa shape index (κ2) is 9.29. The molecule has 3 aliphatic rings. The van der Waals surface area contributed by atoms with E-state index in [9.17, 15) is 9.59 Å². The van der Waals surface area contributed by atoms with Crippen LogP contribution in [0.3, 0.4) is 0 Å². The van der Waals surface area contributed by atoms with E-state index in [0.29, 0.717) is 18.3 Å². The highest BCUT2D eigenvalue weighted by Gasteiger charge is 2.37. The van der Waals surface area contributed by atoms with Gasteiger partial charge < -0.3 is 14.9 Å². The van der Waals surface area contributed by atoms with E-state index in [1.807, 2.05) is 4.90 Å². The SMILES string of the molecule is CCN1CCc2ncc(N3CCN(C4CCC(CCC(=O)O)CC4)C3=O)nc2CC1. The molecule has 8 heteroatoms. The van der Waals surface area contributed by atoms with Crippen molar-refractivity contribution in [2.75, 3.05) is 37.6 Å². The third-order valence-electron chi connectivity index (χ3n) is 7.04. The van der Waals surface area contributed by atoms with Gasteiger partial charge in [0, 0.05) is 51.5 Å². The van der Waals surface area contributed by atoms with Gasteiger partial charge in [-0.05, 0) is 44.6 Å². The van der Waals surface area contributed by atoms with Gasteiger partial charge in [0.2, 0.25) is 0 Å². The minimum atomic E-state index is -0.716. The molecule has 2 amide bonds. The van der Waals surface area contributed by atoms with Crippen LogP contribution in [0, 0.1) is 5.92 Å². The van der Waals surface area contributed by atoms with Crippen molar-refractivity contribution in [3.8, 4) is 0 Å². The number of aromatic nitrogens is 2. The van der Waals surface area contributed by atoms with E-state index in [-0.39, 0.29) is 18.5 Å². The van der Waals surface area contributed by atoms with Gasteiger partial charge in [-0.3, -0.25) is 14.7 Å². The van der Waals surface area contributed by atoms with Crippen LogP contribution in [0.5, 0.6) is 0 Å². The summed E-state index contributed by atoms with van der Waals surface area (Å²) in [4.78, 5) is 39.6. The summed E-state index contributed by atoms with van der Waals surface area (Å²) < 4.78 is 0. The van der Waals surface area contributed by atoms with E-state index < -0.39 is 5.97 Å². The van der Waals surface area contributed by atoms with Gasteiger partial charge in [0.25, 0.3) is 0 Å². The summed E-state index contributed by atoms with van der Waals surface area (Å²) in [6.07, 6.45) is 8.52. The van der Waals surface area contributed by atoms with Gasteiger partial charge in [-0.15, -0.1) is 0 Å². The van der Waals surface area contributed by atoms with Crippen molar-refractivity contribution < 1.29 is 14.7 Å². The van der Waals surface area contributed by atoms with Crippen LogP contribution in [0.15, 0.2) is 6.20 Å². The Hall–Kier alpha value is -2.22. The Labute approximate surface area is 178 Å². The van der Waals surface area contributed by atoms with Crippen LogP contribution in [0.4, 0.5) is 10.6 Å². The van der Waals surface area contributed by atoms with E-state index in [0.717, 1.165) is 82.5 Å². The third-order valence-corrected chi connectivity index (χ3v) is 7.04. The first-order valence-electron chi connectivity index (χ1n) is 11.4. The van der Waals surface area contributed by atoms with Gasteiger partial charge in [0.05, 0.1) is 17.6 Å². The second-order valence-electron chi connectivity index (χ2n) is 8.79. The third kappa shape index (κ3) is 4.58. The predicted molar refractivity (Wildman–Crippen MR) is 114 cm³/mol. The molecule has 8 nitrogen and oxygen atoms in total. The predicted octanol–water partition coefficient (Wildman–Crippen LogP) is 2.56. The van der Waals surface area contributed by atoms with Gasteiger partial charge >= 0.3 is 12.0 Å². The molecule has 0 aromatic carbocycles. The van der Waals surface area contributed by atoms with Gasteiger partial charge in [0.1, 0.15) is 0 Å². The number of urea groups is 1. The largest absolute Gasteiger partial charge is 0.481 e. The molecule has 0 bridgehead atoms. The summed E-state index contributed by atoms with van der Waals surface area (Å²) >= 11 is 0. The first-order valence-corrected chi connectivity index (χ1v) is 11.4. The lowest BCUT2D eigenvalue weighted by Crippen LogP contribution is -2.41. The molecule has 0 spiro atoms. The Bertz CT molecular complexity index is 778. The number of anilines is 1. The van der Waals surface area contributed by atoms with Crippen LogP contribution in [-0.4, -0.2) is 75.6 Å². The molecule has 1 N–H and O–H groups in total. The Morgan fingerprint density at radius 3 is 2.53 bits per heavy atom. The van der Waals surface area contributed by atoms with Crippen molar-refractivity contribution in [1.29, 1.82) is 0 Å². The van der Waals surface area contributed by atoms with Gasteiger partial charge in [-0.25, -0.2) is 9.78 Å². The lowest BCUT2D eigenvalue weighted by molar-refractivity contribution is -0.137. The summed E-state index contributed by atoms with van der Waals surface area (Å²) in [5, 5.41) is 8.88. The molecule has 1 aromatic heterocycles. The summed E-state index contributed by atoms with van der Waals surface area (Å²) in [6, 6.07) is 0.303. The quantitative estimate of drug-likeness (QED) is 0.768. The molecular weight excluding hydrogens is 382 g/mol. The smallest absolute Gasteiger partial charge is 0.326 e. The zero-order valence-electron chi connectivity index (χ0n) is 17.9. The van der Waals surface area contributed by atoms with E-state index in [4.69, 9.17) is 10.1 Å². The second-order valence-corrected chi connectivity index (χ2v) is 8.79. The molecule has 164 valence electrons. The number of amides is 2. The van der Waals surface area contributed by atoms with Gasteiger partial charge in [-0.2, -0.15) is 0 Å². The van der Waals surface area contributed by atoms with Crippen molar-refractivity contribution in [1.82, 2.24) is 19.8 Å². The topological polar surface area (TPSA) is 89.9 Å². The fraction of sp³-hybridized carbons (Fsp3) is 0.727. The highest BCUT2D eigenvalue weighted by atomic mass is 16.4. The number of carbonyl (C=O) groups is 2. The lowest BCUT2D eigenvalue weighted by atomic mass is 9.83. The number of hydrogen-bond acceptors (Lipinski definition) is 5. The van der Waals surface area contributed by atoms with E-state index >= 15 is 0 Å². The number of carbonyl (C=O) groups excluding carboxylic acids is 1. The standard InChI is InChI=1S/C22H33N5O3/c1-2-25-11-9-18-19(10-12-25)24-20(15-23-18)27-14-13-26(22(27)30)17-6-3-16(4-7-17)5-8-21(28)29/h15-17H,2-14H2,1H3,(H,28,29). The normalized spacial score (nSPS) is 25.3. The summed E-state index contributed by atoms with van der Waals surface area (Å²) in [6.45, 7) is 6.62. The molecule has 1 saturated carbocycles. The zero-order valence-corrected chi connectivity index (χ0v) is 17.9. The molecule has 2 fully saturated rings. The van der Waals surface area contributed by atoms with Crippen molar-refractivity contribution in [2.45, 2.75) is 64.3 Å². The number of carboxylic acid groups (broad SMARTS) is 1. The van der Waals surface area contributed by atoms with Crippen molar-refractivity contribution in [3.63, 3.8) is 0 Å². The van der Waals surface area contributed by atoms with Crippen molar-refractivity contribution in [2.24, 2.45) is 5.92 Å². The molecule has 0 atom stereocenters. The Balaban J connectivity index is 1.36. The Morgan fingerprint density at radius 2 is 1.83 bits per heavy atom. The minimum absolute atomic E-state index is 0.0436. The number of carboxylic acids is 1. The Kier molecular flexibility index (Phi) is 6.51. The number of nitrogens with zero attached hydrogens (tertiary/aromatic N) is 5. The number of rotatable bonds is 6. The Morgan fingerprint density at radius 1 is 1.10 bits per heavy atom. The maximum Gasteiger partial charge on any atom is 0.326 e. The maximum atomic E-state index is 13.1. The molecule has 0 unspecified atom stereocenters. The van der Waals surface area contributed by atoms with Crippen molar-refractivity contribution >= 4 is 17.8 Å². The molecule has 1 saturated heterocycles. The summed E-state index contributed by atoms with van der Waals surface area (Å²) in [5.74, 6) is 0.442. The molecule has 30 heavy (non-hydrogen) atoms. The molecule has 1 aliphatic carbocycles.